The lowest BCUT2D eigenvalue weighted by Crippen LogP contribution is -2.35. The number of carbonyl (C=O) groups is 2. The van der Waals surface area contributed by atoms with Crippen molar-refractivity contribution in [3.63, 3.8) is 0 Å². The number of aliphatic hydroxyl groups is 1. The SMILES string of the molecule is O=C(NCCO)/C(=C\c1cccs1)NC(=O)c1cccs1. The van der Waals surface area contributed by atoms with Crippen LogP contribution in [0.25, 0.3) is 6.08 Å². The standard InChI is InChI=1S/C14H14N2O3S2/c17-6-5-15-13(18)11(9-10-3-1-7-20-10)16-14(19)12-4-2-8-21-12/h1-4,7-9,17H,5-6H2,(H,15,18)(H,16,19)/b11-9+. The Balaban J connectivity index is 2.15. The smallest absolute Gasteiger partial charge is 0.267 e. The molecule has 2 heterocycles. The van der Waals surface area contributed by atoms with Gasteiger partial charge in [0.05, 0.1) is 11.5 Å². The molecular formula is C14H14N2O3S2. The van der Waals surface area contributed by atoms with Crippen LogP contribution in [0.1, 0.15) is 14.5 Å². The molecule has 2 aromatic rings. The third-order valence-electron chi connectivity index (χ3n) is 2.46. The fourth-order valence-electron chi connectivity index (χ4n) is 1.53. The van der Waals surface area contributed by atoms with Crippen molar-refractivity contribution < 1.29 is 14.7 Å². The third-order valence-corrected chi connectivity index (χ3v) is 4.15. The maximum Gasteiger partial charge on any atom is 0.267 e. The molecule has 0 bridgehead atoms. The van der Waals surface area contributed by atoms with E-state index in [1.54, 1.807) is 23.6 Å². The van der Waals surface area contributed by atoms with E-state index in [9.17, 15) is 9.59 Å². The lowest BCUT2D eigenvalue weighted by atomic mass is 10.3. The van der Waals surface area contributed by atoms with Crippen LogP contribution in [0.15, 0.2) is 40.7 Å². The van der Waals surface area contributed by atoms with E-state index in [1.807, 2.05) is 17.5 Å². The van der Waals surface area contributed by atoms with Gasteiger partial charge in [0.15, 0.2) is 0 Å². The fourth-order valence-corrected chi connectivity index (χ4v) is 2.81. The molecule has 2 amide bonds. The molecule has 0 unspecified atom stereocenters. The van der Waals surface area contributed by atoms with Crippen molar-refractivity contribution in [1.82, 2.24) is 10.6 Å². The van der Waals surface area contributed by atoms with Gasteiger partial charge in [-0.3, -0.25) is 9.59 Å². The Labute approximate surface area is 129 Å². The summed E-state index contributed by atoms with van der Waals surface area (Å²) in [5.41, 5.74) is 0.157. The maximum absolute atomic E-state index is 12.1. The molecule has 0 aliphatic heterocycles. The van der Waals surface area contributed by atoms with Gasteiger partial charge in [0.1, 0.15) is 5.70 Å². The minimum Gasteiger partial charge on any atom is -0.395 e. The molecule has 21 heavy (non-hydrogen) atoms. The summed E-state index contributed by atoms with van der Waals surface area (Å²) in [6, 6.07) is 7.17. The number of rotatable bonds is 6. The van der Waals surface area contributed by atoms with Crippen molar-refractivity contribution in [1.29, 1.82) is 0 Å². The summed E-state index contributed by atoms with van der Waals surface area (Å²) >= 11 is 2.76. The second-order valence-electron chi connectivity index (χ2n) is 3.98. The van der Waals surface area contributed by atoms with Gasteiger partial charge in [-0.2, -0.15) is 0 Å². The lowest BCUT2D eigenvalue weighted by molar-refractivity contribution is -0.117. The van der Waals surface area contributed by atoms with E-state index in [4.69, 9.17) is 5.11 Å². The van der Waals surface area contributed by atoms with Crippen molar-refractivity contribution >= 4 is 40.6 Å². The van der Waals surface area contributed by atoms with Gasteiger partial charge >= 0.3 is 0 Å². The predicted octanol–water partition coefficient (Wildman–Crippen LogP) is 1.69. The average molecular weight is 322 g/mol. The van der Waals surface area contributed by atoms with Gasteiger partial charge in [-0.05, 0) is 29.0 Å². The molecule has 110 valence electrons. The quantitative estimate of drug-likeness (QED) is 0.708. The zero-order valence-electron chi connectivity index (χ0n) is 11.0. The molecule has 0 aromatic carbocycles. The van der Waals surface area contributed by atoms with Crippen LogP contribution in [0.2, 0.25) is 0 Å². The number of nitrogens with one attached hydrogen (secondary N) is 2. The zero-order chi connectivity index (χ0) is 15.1. The highest BCUT2D eigenvalue weighted by molar-refractivity contribution is 7.12. The fraction of sp³-hybridized carbons (Fsp3) is 0.143. The first-order valence-corrected chi connectivity index (χ1v) is 7.96. The third kappa shape index (κ3) is 4.52. The summed E-state index contributed by atoms with van der Waals surface area (Å²) in [7, 11) is 0. The van der Waals surface area contributed by atoms with Crippen LogP contribution in [-0.4, -0.2) is 30.1 Å². The maximum atomic E-state index is 12.1. The van der Waals surface area contributed by atoms with E-state index in [0.29, 0.717) is 4.88 Å². The van der Waals surface area contributed by atoms with E-state index in [2.05, 4.69) is 10.6 Å². The van der Waals surface area contributed by atoms with Crippen LogP contribution >= 0.6 is 22.7 Å². The molecule has 0 saturated heterocycles. The van der Waals surface area contributed by atoms with E-state index in [0.717, 1.165) is 4.88 Å². The molecular weight excluding hydrogens is 308 g/mol. The molecule has 2 aromatic heterocycles. The summed E-state index contributed by atoms with van der Waals surface area (Å²) in [6.45, 7) is -0.0214. The van der Waals surface area contributed by atoms with E-state index < -0.39 is 5.91 Å². The van der Waals surface area contributed by atoms with E-state index in [-0.39, 0.29) is 24.8 Å². The van der Waals surface area contributed by atoms with E-state index in [1.165, 1.54) is 22.7 Å². The van der Waals surface area contributed by atoms with Gasteiger partial charge in [-0.1, -0.05) is 12.1 Å². The Morgan fingerprint density at radius 3 is 2.57 bits per heavy atom. The summed E-state index contributed by atoms with van der Waals surface area (Å²) in [5.74, 6) is -0.755. The summed E-state index contributed by atoms with van der Waals surface area (Å²) in [4.78, 5) is 25.5. The molecule has 0 aliphatic rings. The van der Waals surface area contributed by atoms with Crippen LogP contribution in [-0.2, 0) is 4.79 Å². The topological polar surface area (TPSA) is 78.4 Å². The van der Waals surface area contributed by atoms with Crippen LogP contribution in [0.5, 0.6) is 0 Å². The molecule has 0 fully saturated rings. The molecule has 0 aliphatic carbocycles. The molecule has 0 radical (unpaired) electrons. The molecule has 5 nitrogen and oxygen atoms in total. The van der Waals surface area contributed by atoms with Gasteiger partial charge < -0.3 is 15.7 Å². The van der Waals surface area contributed by atoms with Gasteiger partial charge in [0.2, 0.25) is 0 Å². The number of thiophene rings is 2. The summed E-state index contributed by atoms with van der Waals surface area (Å²) < 4.78 is 0. The van der Waals surface area contributed by atoms with Crippen molar-refractivity contribution in [3.8, 4) is 0 Å². The van der Waals surface area contributed by atoms with Gasteiger partial charge in [0.25, 0.3) is 11.8 Å². The predicted molar refractivity (Wildman–Crippen MR) is 84.2 cm³/mol. The molecule has 2 rings (SSSR count). The van der Waals surface area contributed by atoms with Gasteiger partial charge in [-0.15, -0.1) is 22.7 Å². The summed E-state index contributed by atoms with van der Waals surface area (Å²) in [5, 5.41) is 17.6. The first-order valence-electron chi connectivity index (χ1n) is 6.20. The molecule has 3 N–H and O–H groups in total. The first kappa shape index (κ1) is 15.4. The normalized spacial score (nSPS) is 11.2. The minimum atomic E-state index is -0.428. The van der Waals surface area contributed by atoms with Crippen LogP contribution in [0.3, 0.4) is 0 Å². The second kappa shape index (κ2) is 7.72. The monoisotopic (exact) mass is 322 g/mol. The van der Waals surface area contributed by atoms with Crippen LogP contribution in [0.4, 0.5) is 0 Å². The number of hydrogen-bond donors (Lipinski definition) is 3. The number of hydrogen-bond acceptors (Lipinski definition) is 5. The number of amides is 2. The highest BCUT2D eigenvalue weighted by atomic mass is 32.1. The zero-order valence-corrected chi connectivity index (χ0v) is 12.7. The van der Waals surface area contributed by atoms with Crippen molar-refractivity contribution in [2.24, 2.45) is 0 Å². The Kier molecular flexibility index (Phi) is 5.68. The van der Waals surface area contributed by atoms with Crippen LogP contribution < -0.4 is 10.6 Å². The molecule has 0 spiro atoms. The minimum absolute atomic E-state index is 0.134. The van der Waals surface area contributed by atoms with Gasteiger partial charge in [0, 0.05) is 11.4 Å². The highest BCUT2D eigenvalue weighted by Gasteiger charge is 2.15. The van der Waals surface area contributed by atoms with Crippen molar-refractivity contribution in [2.75, 3.05) is 13.2 Å². The Bertz CT molecular complexity index is 619. The summed E-state index contributed by atoms with van der Waals surface area (Å²) in [6.07, 6.45) is 1.61. The first-order chi connectivity index (χ1) is 10.2. The second-order valence-corrected chi connectivity index (χ2v) is 5.91. The Morgan fingerprint density at radius 1 is 1.19 bits per heavy atom. The highest BCUT2D eigenvalue weighted by Crippen LogP contribution is 2.14. The van der Waals surface area contributed by atoms with Crippen molar-refractivity contribution in [2.45, 2.75) is 0 Å². The Hall–Kier alpha value is -1.96. The van der Waals surface area contributed by atoms with E-state index >= 15 is 0 Å². The molecule has 7 heteroatoms. The molecule has 0 atom stereocenters. The number of aliphatic hydroxyl groups excluding tert-OH is 1. The van der Waals surface area contributed by atoms with Crippen molar-refractivity contribution in [3.05, 3.63) is 50.5 Å². The average Bonchev–Trinajstić information content (AvgIpc) is 3.16. The van der Waals surface area contributed by atoms with Crippen LogP contribution in [0, 0.1) is 0 Å². The Morgan fingerprint density at radius 2 is 1.95 bits per heavy atom. The lowest BCUT2D eigenvalue weighted by Gasteiger charge is -2.09. The largest absolute Gasteiger partial charge is 0.395 e. The van der Waals surface area contributed by atoms with Gasteiger partial charge in [-0.25, -0.2) is 0 Å². The number of carbonyl (C=O) groups excluding carboxylic acids is 2. The molecule has 0 saturated carbocycles.